The van der Waals surface area contributed by atoms with E-state index in [1.165, 1.54) is 0 Å². The first-order chi connectivity index (χ1) is 13.8. The van der Waals surface area contributed by atoms with Gasteiger partial charge in [-0.05, 0) is 23.7 Å². The molecule has 0 unspecified atom stereocenters. The highest BCUT2D eigenvalue weighted by atomic mass is 35.5. The molecule has 0 spiro atoms. The minimum absolute atomic E-state index is 0.165. The Hall–Kier alpha value is -3.24. The lowest BCUT2D eigenvalue weighted by Crippen LogP contribution is -1.97. The molecule has 5 heteroatoms. The van der Waals surface area contributed by atoms with Crippen LogP contribution in [0.2, 0.25) is 5.28 Å². The molecule has 5 rings (SSSR count). The van der Waals surface area contributed by atoms with Crippen LogP contribution in [0.1, 0.15) is 13.8 Å². The van der Waals surface area contributed by atoms with Crippen LogP contribution in [-0.4, -0.2) is 15.0 Å². The van der Waals surface area contributed by atoms with Crippen LogP contribution in [0.5, 0.6) is 0 Å². The first-order valence-corrected chi connectivity index (χ1v) is 9.55. The van der Waals surface area contributed by atoms with Gasteiger partial charge in [0.05, 0.1) is 0 Å². The standard InChI is InChI=1S/C21H12ClN3O.C2H6/c22-21-24-19(13-7-2-1-3-8-13)23-20(25-21)15-10-6-12-17-18(15)14-9-4-5-11-16(14)26-17;1-2/h1-12H;1-2H3. The van der Waals surface area contributed by atoms with Crippen LogP contribution >= 0.6 is 11.6 Å². The van der Waals surface area contributed by atoms with Gasteiger partial charge in [0.2, 0.25) is 5.28 Å². The summed E-state index contributed by atoms with van der Waals surface area (Å²) in [5, 5.41) is 2.17. The molecule has 0 saturated heterocycles. The van der Waals surface area contributed by atoms with Gasteiger partial charge in [-0.15, -0.1) is 0 Å². The number of aromatic nitrogens is 3. The largest absolute Gasteiger partial charge is 0.456 e. The molecule has 0 aliphatic carbocycles. The number of fused-ring (bicyclic) bond motifs is 3. The van der Waals surface area contributed by atoms with Crippen molar-refractivity contribution in [3.8, 4) is 22.8 Å². The Labute approximate surface area is 167 Å². The third-order valence-electron chi connectivity index (χ3n) is 4.28. The van der Waals surface area contributed by atoms with Crippen molar-refractivity contribution in [3.63, 3.8) is 0 Å². The van der Waals surface area contributed by atoms with Crippen molar-refractivity contribution >= 4 is 33.5 Å². The molecular formula is C23H18ClN3O. The van der Waals surface area contributed by atoms with E-state index in [0.29, 0.717) is 11.6 Å². The Bertz CT molecular complexity index is 1250. The van der Waals surface area contributed by atoms with Crippen LogP contribution in [-0.2, 0) is 0 Å². The molecule has 2 aromatic heterocycles. The third-order valence-corrected chi connectivity index (χ3v) is 4.45. The lowest BCUT2D eigenvalue weighted by molar-refractivity contribution is 0.669. The van der Waals surface area contributed by atoms with Crippen LogP contribution in [0, 0.1) is 0 Å². The zero-order valence-corrected chi connectivity index (χ0v) is 16.3. The smallest absolute Gasteiger partial charge is 0.226 e. The fourth-order valence-corrected chi connectivity index (χ4v) is 3.31. The number of hydrogen-bond acceptors (Lipinski definition) is 4. The number of hydrogen-bond donors (Lipinski definition) is 0. The van der Waals surface area contributed by atoms with Crippen LogP contribution in [0.3, 0.4) is 0 Å². The predicted molar refractivity (Wildman–Crippen MR) is 114 cm³/mol. The second-order valence-corrected chi connectivity index (χ2v) is 6.23. The number of benzene rings is 3. The quantitative estimate of drug-likeness (QED) is 0.335. The second kappa shape index (κ2) is 7.79. The fourth-order valence-electron chi connectivity index (χ4n) is 3.15. The second-order valence-electron chi connectivity index (χ2n) is 5.89. The highest BCUT2D eigenvalue weighted by molar-refractivity contribution is 6.28. The molecule has 0 aliphatic rings. The Kier molecular flexibility index (Phi) is 5.04. The van der Waals surface area contributed by atoms with Crippen LogP contribution < -0.4 is 0 Å². The van der Waals surface area contributed by atoms with Crippen LogP contribution in [0.15, 0.2) is 77.2 Å². The van der Waals surface area contributed by atoms with Crippen LogP contribution in [0.25, 0.3) is 44.7 Å². The third kappa shape index (κ3) is 3.23. The summed E-state index contributed by atoms with van der Waals surface area (Å²) in [7, 11) is 0. The first-order valence-electron chi connectivity index (χ1n) is 9.17. The lowest BCUT2D eigenvalue weighted by atomic mass is 10.1. The minimum atomic E-state index is 0.165. The van der Waals surface area contributed by atoms with Crippen molar-refractivity contribution in [2.75, 3.05) is 0 Å². The SMILES string of the molecule is CC.Clc1nc(-c2ccccc2)nc(-c2cccc3oc4ccccc4c23)n1. The van der Waals surface area contributed by atoms with Gasteiger partial charge in [-0.2, -0.15) is 9.97 Å². The Morgan fingerprint density at radius 1 is 0.679 bits per heavy atom. The Morgan fingerprint density at radius 3 is 2.18 bits per heavy atom. The van der Waals surface area contributed by atoms with Gasteiger partial charge in [-0.3, -0.25) is 0 Å². The fraction of sp³-hybridized carbons (Fsp3) is 0.0870. The Balaban J connectivity index is 0.000000932. The molecule has 0 N–H and O–H groups in total. The molecule has 0 saturated carbocycles. The number of furan rings is 1. The predicted octanol–water partition coefficient (Wildman–Crippen LogP) is 6.78. The molecule has 0 aliphatic heterocycles. The van der Waals surface area contributed by atoms with E-state index in [1.807, 2.05) is 86.6 Å². The van der Waals surface area contributed by atoms with E-state index in [1.54, 1.807) is 0 Å². The average molecular weight is 388 g/mol. The van der Waals surface area contributed by atoms with Crippen LogP contribution in [0.4, 0.5) is 0 Å². The van der Waals surface area contributed by atoms with E-state index in [4.69, 9.17) is 16.0 Å². The molecule has 2 heterocycles. The summed E-state index contributed by atoms with van der Waals surface area (Å²) < 4.78 is 5.96. The van der Waals surface area contributed by atoms with Crippen molar-refractivity contribution in [1.29, 1.82) is 0 Å². The van der Waals surface area contributed by atoms with Gasteiger partial charge in [-0.1, -0.05) is 74.5 Å². The van der Waals surface area contributed by atoms with Gasteiger partial charge in [0.1, 0.15) is 11.2 Å². The molecule has 3 aromatic carbocycles. The van der Waals surface area contributed by atoms with Crippen molar-refractivity contribution in [2.24, 2.45) is 0 Å². The van der Waals surface area contributed by atoms with Gasteiger partial charge < -0.3 is 4.42 Å². The van der Waals surface area contributed by atoms with Gasteiger partial charge in [-0.25, -0.2) is 4.98 Å². The monoisotopic (exact) mass is 387 g/mol. The summed E-state index contributed by atoms with van der Waals surface area (Å²) >= 11 is 6.21. The summed E-state index contributed by atoms with van der Waals surface area (Å²) in [5.41, 5.74) is 3.39. The molecule has 0 amide bonds. The number of halogens is 1. The summed E-state index contributed by atoms with van der Waals surface area (Å²) in [6.07, 6.45) is 0. The highest BCUT2D eigenvalue weighted by Crippen LogP contribution is 2.35. The summed E-state index contributed by atoms with van der Waals surface area (Å²) in [5.74, 6) is 1.08. The number of para-hydroxylation sites is 1. The van der Waals surface area contributed by atoms with Crippen molar-refractivity contribution < 1.29 is 4.42 Å². The molecule has 0 fully saturated rings. The van der Waals surface area contributed by atoms with Gasteiger partial charge in [0.25, 0.3) is 0 Å². The maximum atomic E-state index is 6.21. The van der Waals surface area contributed by atoms with Crippen molar-refractivity contribution in [2.45, 2.75) is 13.8 Å². The minimum Gasteiger partial charge on any atom is -0.456 e. The summed E-state index contributed by atoms with van der Waals surface area (Å²) in [6.45, 7) is 4.00. The van der Waals surface area contributed by atoms with E-state index in [-0.39, 0.29) is 5.28 Å². The number of nitrogens with zero attached hydrogens (tertiary/aromatic N) is 3. The molecule has 0 radical (unpaired) electrons. The molecule has 5 aromatic rings. The van der Waals surface area contributed by atoms with E-state index >= 15 is 0 Å². The highest BCUT2D eigenvalue weighted by Gasteiger charge is 2.16. The van der Waals surface area contributed by atoms with Crippen molar-refractivity contribution in [1.82, 2.24) is 15.0 Å². The van der Waals surface area contributed by atoms with Crippen molar-refractivity contribution in [3.05, 3.63) is 78.1 Å². The normalized spacial score (nSPS) is 10.7. The lowest BCUT2D eigenvalue weighted by Gasteiger charge is -2.06. The zero-order chi connectivity index (χ0) is 19.5. The summed E-state index contributed by atoms with van der Waals surface area (Å²) in [4.78, 5) is 13.3. The molecule has 28 heavy (non-hydrogen) atoms. The maximum absolute atomic E-state index is 6.21. The van der Waals surface area contributed by atoms with Gasteiger partial charge in [0.15, 0.2) is 11.6 Å². The zero-order valence-electron chi connectivity index (χ0n) is 15.6. The van der Waals surface area contributed by atoms with E-state index < -0.39 is 0 Å². The topological polar surface area (TPSA) is 51.8 Å². The van der Waals surface area contributed by atoms with E-state index in [9.17, 15) is 0 Å². The van der Waals surface area contributed by atoms with Gasteiger partial charge in [0, 0.05) is 21.9 Å². The average Bonchev–Trinajstić information content (AvgIpc) is 3.14. The first kappa shape index (κ1) is 18.1. The van der Waals surface area contributed by atoms with Gasteiger partial charge >= 0.3 is 0 Å². The maximum Gasteiger partial charge on any atom is 0.226 e. The Morgan fingerprint density at radius 2 is 1.36 bits per heavy atom. The number of rotatable bonds is 2. The van der Waals surface area contributed by atoms with E-state index in [0.717, 1.165) is 33.1 Å². The molecule has 138 valence electrons. The molecular weight excluding hydrogens is 370 g/mol. The summed E-state index contributed by atoms with van der Waals surface area (Å²) in [6, 6.07) is 23.5. The molecule has 4 nitrogen and oxygen atoms in total. The molecule has 0 bridgehead atoms. The molecule has 0 atom stereocenters. The van der Waals surface area contributed by atoms with E-state index in [2.05, 4.69) is 15.0 Å².